The minimum absolute atomic E-state index is 0.169. The number of aromatic amines is 2. The van der Waals surface area contributed by atoms with Crippen molar-refractivity contribution in [2.45, 2.75) is 83.3 Å². The van der Waals surface area contributed by atoms with E-state index >= 15 is 0 Å². The molecular formula is C26H41N7O. The fraction of sp³-hybridized carbons (Fsp3) is 0.731. The van der Waals surface area contributed by atoms with Gasteiger partial charge in [0.25, 0.3) is 0 Å². The van der Waals surface area contributed by atoms with Gasteiger partial charge in [0.2, 0.25) is 5.91 Å². The molecule has 2 N–H and O–H groups in total. The predicted molar refractivity (Wildman–Crippen MR) is 132 cm³/mol. The van der Waals surface area contributed by atoms with Crippen LogP contribution in [0.4, 0.5) is 0 Å². The zero-order valence-corrected chi connectivity index (χ0v) is 20.6. The second-order valence-corrected chi connectivity index (χ2v) is 10.8. The first-order valence-electron chi connectivity index (χ1n) is 13.4. The summed E-state index contributed by atoms with van der Waals surface area (Å²) in [6, 6.07) is 0.861. The number of amides is 1. The van der Waals surface area contributed by atoms with Gasteiger partial charge in [-0.2, -0.15) is 0 Å². The van der Waals surface area contributed by atoms with Crippen LogP contribution in [0.1, 0.15) is 75.9 Å². The maximum Gasteiger partial charge on any atom is 0.223 e. The molecule has 2 aromatic rings. The van der Waals surface area contributed by atoms with E-state index in [2.05, 4.69) is 29.7 Å². The molecule has 0 aromatic carbocycles. The Morgan fingerprint density at radius 2 is 1.62 bits per heavy atom. The number of nitrogens with zero attached hydrogens (tertiary/aromatic N) is 5. The van der Waals surface area contributed by atoms with Crippen LogP contribution in [0.5, 0.6) is 0 Å². The molecule has 8 nitrogen and oxygen atoms in total. The SMILES string of the molecule is O=C(CCCN1CCC2(CCN(C3CCCCC3)CC2)C1)N(Cc1ncc[nH]1)Cc1ncc[nH]1. The summed E-state index contributed by atoms with van der Waals surface area (Å²) in [7, 11) is 0. The molecule has 0 atom stereocenters. The van der Waals surface area contributed by atoms with Gasteiger partial charge in [-0.05, 0) is 70.1 Å². The first-order chi connectivity index (χ1) is 16.7. The number of rotatable bonds is 9. The van der Waals surface area contributed by atoms with Crippen LogP contribution in [-0.4, -0.2) is 79.3 Å². The third-order valence-corrected chi connectivity index (χ3v) is 8.48. The third kappa shape index (κ3) is 5.89. The molecule has 4 heterocycles. The molecule has 34 heavy (non-hydrogen) atoms. The van der Waals surface area contributed by atoms with Crippen LogP contribution >= 0.6 is 0 Å². The van der Waals surface area contributed by atoms with E-state index in [1.165, 1.54) is 77.5 Å². The van der Waals surface area contributed by atoms with E-state index < -0.39 is 0 Å². The van der Waals surface area contributed by atoms with E-state index in [0.29, 0.717) is 24.9 Å². The Kier molecular flexibility index (Phi) is 7.64. The number of likely N-dealkylation sites (tertiary alicyclic amines) is 2. The second kappa shape index (κ2) is 11.0. The lowest BCUT2D eigenvalue weighted by Crippen LogP contribution is -2.46. The second-order valence-electron chi connectivity index (χ2n) is 10.8. The van der Waals surface area contributed by atoms with Crippen LogP contribution in [0.3, 0.4) is 0 Å². The molecule has 1 aliphatic carbocycles. The molecule has 3 aliphatic rings. The van der Waals surface area contributed by atoms with E-state index in [0.717, 1.165) is 30.7 Å². The van der Waals surface area contributed by atoms with E-state index in [1.54, 1.807) is 24.8 Å². The monoisotopic (exact) mass is 467 g/mol. The minimum Gasteiger partial charge on any atom is -0.347 e. The molecule has 0 bridgehead atoms. The topological polar surface area (TPSA) is 84.2 Å². The summed E-state index contributed by atoms with van der Waals surface area (Å²) in [4.78, 5) is 35.2. The Balaban J connectivity index is 1.06. The van der Waals surface area contributed by atoms with E-state index in [9.17, 15) is 4.79 Å². The summed E-state index contributed by atoms with van der Waals surface area (Å²) >= 11 is 0. The van der Waals surface area contributed by atoms with Crippen molar-refractivity contribution in [3.05, 3.63) is 36.4 Å². The highest BCUT2D eigenvalue weighted by Crippen LogP contribution is 2.41. The van der Waals surface area contributed by atoms with Crippen LogP contribution in [0, 0.1) is 5.41 Å². The highest BCUT2D eigenvalue weighted by atomic mass is 16.2. The molecule has 2 saturated heterocycles. The number of carbonyl (C=O) groups is 1. The molecule has 2 aliphatic heterocycles. The largest absolute Gasteiger partial charge is 0.347 e. The van der Waals surface area contributed by atoms with Crippen molar-refractivity contribution in [1.29, 1.82) is 0 Å². The van der Waals surface area contributed by atoms with Gasteiger partial charge in [0.05, 0.1) is 13.1 Å². The van der Waals surface area contributed by atoms with Crippen molar-refractivity contribution >= 4 is 5.91 Å². The van der Waals surface area contributed by atoms with Gasteiger partial charge in [-0.15, -0.1) is 0 Å². The van der Waals surface area contributed by atoms with E-state index in [1.807, 2.05) is 4.90 Å². The third-order valence-electron chi connectivity index (χ3n) is 8.48. The Labute approximate surface area is 203 Å². The molecule has 3 fully saturated rings. The van der Waals surface area contributed by atoms with Crippen molar-refractivity contribution in [3.63, 3.8) is 0 Å². The number of imidazole rings is 2. The Bertz CT molecular complexity index is 831. The lowest BCUT2D eigenvalue weighted by molar-refractivity contribution is -0.132. The molecule has 1 spiro atoms. The highest BCUT2D eigenvalue weighted by molar-refractivity contribution is 5.76. The van der Waals surface area contributed by atoms with Crippen molar-refractivity contribution < 1.29 is 4.79 Å². The Hall–Kier alpha value is -2.19. The smallest absolute Gasteiger partial charge is 0.223 e. The van der Waals surface area contributed by atoms with Gasteiger partial charge < -0.3 is 24.7 Å². The zero-order valence-electron chi connectivity index (χ0n) is 20.6. The number of piperidine rings is 1. The Morgan fingerprint density at radius 1 is 0.971 bits per heavy atom. The average molecular weight is 468 g/mol. The Morgan fingerprint density at radius 3 is 2.24 bits per heavy atom. The van der Waals surface area contributed by atoms with Gasteiger partial charge >= 0.3 is 0 Å². The lowest BCUT2D eigenvalue weighted by Gasteiger charge is -2.44. The number of hydrogen-bond donors (Lipinski definition) is 2. The van der Waals surface area contributed by atoms with Gasteiger partial charge in [-0.3, -0.25) is 4.79 Å². The summed E-state index contributed by atoms with van der Waals surface area (Å²) in [5.41, 5.74) is 0.528. The highest BCUT2D eigenvalue weighted by Gasteiger charge is 2.41. The maximum atomic E-state index is 13.1. The summed E-state index contributed by atoms with van der Waals surface area (Å²) < 4.78 is 0. The first kappa shape index (κ1) is 23.5. The fourth-order valence-corrected chi connectivity index (χ4v) is 6.41. The number of hydrogen-bond acceptors (Lipinski definition) is 5. The van der Waals surface area contributed by atoms with Gasteiger partial charge in [-0.1, -0.05) is 19.3 Å². The van der Waals surface area contributed by atoms with Crippen LogP contribution in [0.15, 0.2) is 24.8 Å². The molecule has 1 amide bonds. The van der Waals surface area contributed by atoms with E-state index in [-0.39, 0.29) is 5.91 Å². The molecule has 2 aromatic heterocycles. The molecule has 0 unspecified atom stereocenters. The quantitative estimate of drug-likeness (QED) is 0.589. The normalized spacial score (nSPS) is 21.9. The number of carbonyl (C=O) groups excluding carboxylic acids is 1. The average Bonchev–Trinajstić information content (AvgIpc) is 3.64. The lowest BCUT2D eigenvalue weighted by atomic mass is 9.77. The number of aromatic nitrogens is 4. The van der Waals surface area contributed by atoms with Crippen molar-refractivity contribution in [2.24, 2.45) is 5.41 Å². The number of nitrogens with one attached hydrogen (secondary N) is 2. The zero-order chi connectivity index (χ0) is 23.2. The minimum atomic E-state index is 0.169. The van der Waals surface area contributed by atoms with Crippen molar-refractivity contribution in [1.82, 2.24) is 34.6 Å². The van der Waals surface area contributed by atoms with Crippen LogP contribution < -0.4 is 0 Å². The molecule has 0 radical (unpaired) electrons. The fourth-order valence-electron chi connectivity index (χ4n) is 6.41. The van der Waals surface area contributed by atoms with Crippen LogP contribution in [0.25, 0.3) is 0 Å². The summed E-state index contributed by atoms with van der Waals surface area (Å²) in [6.45, 7) is 7.00. The van der Waals surface area contributed by atoms with Gasteiger partial charge in [-0.25, -0.2) is 9.97 Å². The standard InChI is InChI=1S/C26H41N7O/c34-25(33(19-23-27-11-12-28-23)20-24-29-13-14-30-24)7-4-15-31-16-8-26(21-31)9-17-32(18-10-26)22-5-2-1-3-6-22/h11-14,22H,1-10,15-21H2,(H,27,28)(H,29,30). The number of H-pyrrole nitrogens is 2. The van der Waals surface area contributed by atoms with E-state index in [4.69, 9.17) is 0 Å². The first-order valence-corrected chi connectivity index (χ1v) is 13.4. The summed E-state index contributed by atoms with van der Waals surface area (Å²) in [5, 5.41) is 0. The summed E-state index contributed by atoms with van der Waals surface area (Å²) in [6.07, 6.45) is 19.7. The van der Waals surface area contributed by atoms with Crippen LogP contribution in [-0.2, 0) is 17.9 Å². The summed E-state index contributed by atoms with van der Waals surface area (Å²) in [5.74, 6) is 1.78. The van der Waals surface area contributed by atoms with Gasteiger partial charge in [0, 0.05) is 43.8 Å². The molecular weight excluding hydrogens is 426 g/mol. The van der Waals surface area contributed by atoms with Crippen molar-refractivity contribution in [2.75, 3.05) is 32.7 Å². The molecule has 8 heteroatoms. The van der Waals surface area contributed by atoms with Gasteiger partial charge in [0.15, 0.2) is 0 Å². The molecule has 186 valence electrons. The molecule has 5 rings (SSSR count). The van der Waals surface area contributed by atoms with Crippen molar-refractivity contribution in [3.8, 4) is 0 Å². The predicted octanol–water partition coefficient (Wildman–Crippen LogP) is 3.56. The van der Waals surface area contributed by atoms with Crippen LogP contribution in [0.2, 0.25) is 0 Å². The van der Waals surface area contributed by atoms with Gasteiger partial charge in [0.1, 0.15) is 11.6 Å². The maximum absolute atomic E-state index is 13.1. The molecule has 1 saturated carbocycles.